The fourth-order valence-electron chi connectivity index (χ4n) is 1.94. The van der Waals surface area contributed by atoms with Gasteiger partial charge in [-0.1, -0.05) is 56.2 Å². The lowest BCUT2D eigenvalue weighted by atomic mass is 9.91. The molecule has 1 rings (SSSR count). The van der Waals surface area contributed by atoms with E-state index >= 15 is 0 Å². The molecule has 0 saturated carbocycles. The zero-order valence-electron chi connectivity index (χ0n) is 10.1. The topological polar surface area (TPSA) is 0 Å². The number of aryl methyl sites for hydroxylation is 1. The quantitative estimate of drug-likeness (QED) is 0.659. The van der Waals surface area contributed by atoms with Crippen molar-refractivity contribution in [3.63, 3.8) is 0 Å². The van der Waals surface area contributed by atoms with Crippen molar-refractivity contribution < 1.29 is 0 Å². The van der Waals surface area contributed by atoms with Crippen LogP contribution in [0.2, 0.25) is 0 Å². The Balaban J connectivity index is 3.69. The van der Waals surface area contributed by atoms with E-state index in [1.165, 1.54) is 11.1 Å². The highest BCUT2D eigenvalue weighted by Crippen LogP contribution is 2.27. The average Bonchev–Trinajstić information content (AvgIpc) is 2.28. The third-order valence-electron chi connectivity index (χ3n) is 2.65. The van der Waals surface area contributed by atoms with Gasteiger partial charge in [-0.25, -0.2) is 0 Å². The molecule has 0 fully saturated rings. The molecule has 0 atom stereocenters. The summed E-state index contributed by atoms with van der Waals surface area (Å²) in [6.07, 6.45) is 9.73. The highest BCUT2D eigenvalue weighted by atomic mass is 14.1. The Morgan fingerprint density at radius 2 is 1.50 bits per heavy atom. The third-order valence-corrected chi connectivity index (χ3v) is 2.65. The Bertz CT molecular complexity index is 459. The average molecular weight is 210 g/mol. The van der Waals surface area contributed by atoms with E-state index in [-0.39, 0.29) is 0 Å². The monoisotopic (exact) mass is 210 g/mol. The van der Waals surface area contributed by atoms with Crippen molar-refractivity contribution in [3.8, 4) is 0 Å². The maximum atomic E-state index is 3.87. The first-order valence-corrected chi connectivity index (χ1v) is 5.37. The van der Waals surface area contributed by atoms with Gasteiger partial charge in [0.2, 0.25) is 0 Å². The van der Waals surface area contributed by atoms with Gasteiger partial charge in [0.15, 0.2) is 0 Å². The van der Waals surface area contributed by atoms with Crippen molar-refractivity contribution in [3.05, 3.63) is 59.7 Å². The van der Waals surface area contributed by atoms with Crippen LogP contribution in [-0.2, 0) is 0 Å². The molecule has 16 heavy (non-hydrogen) atoms. The predicted octanol–water partition coefficient (Wildman–Crippen LogP) is 4.96. The van der Waals surface area contributed by atoms with Crippen LogP contribution in [0.15, 0.2) is 31.9 Å². The van der Waals surface area contributed by atoms with Gasteiger partial charge in [0, 0.05) is 0 Å². The summed E-state index contributed by atoms with van der Waals surface area (Å²) < 4.78 is 0. The maximum absolute atomic E-state index is 3.87. The van der Waals surface area contributed by atoms with Gasteiger partial charge in [-0.3, -0.25) is 0 Å². The highest BCUT2D eigenvalue weighted by molar-refractivity contribution is 5.80. The van der Waals surface area contributed by atoms with Crippen LogP contribution < -0.4 is 0 Å². The Morgan fingerprint density at radius 3 is 1.94 bits per heavy atom. The summed E-state index contributed by atoms with van der Waals surface area (Å²) in [6, 6.07) is 2.15. The van der Waals surface area contributed by atoms with E-state index in [1.807, 2.05) is 31.2 Å². The summed E-state index contributed by atoms with van der Waals surface area (Å²) in [4.78, 5) is 0. The van der Waals surface area contributed by atoms with Crippen LogP contribution in [0.5, 0.6) is 0 Å². The van der Waals surface area contributed by atoms with Crippen LogP contribution in [0.25, 0.3) is 24.3 Å². The number of rotatable bonds is 4. The summed E-state index contributed by atoms with van der Waals surface area (Å²) >= 11 is 0. The van der Waals surface area contributed by atoms with Gasteiger partial charge in [-0.05, 0) is 41.7 Å². The number of hydrogen-bond acceptors (Lipinski definition) is 0. The van der Waals surface area contributed by atoms with Gasteiger partial charge in [0.25, 0.3) is 0 Å². The second kappa shape index (κ2) is 5.32. The van der Waals surface area contributed by atoms with Crippen molar-refractivity contribution in [2.24, 2.45) is 0 Å². The van der Waals surface area contributed by atoms with E-state index in [4.69, 9.17) is 0 Å². The molecular weight excluding hydrogens is 192 g/mol. The first-order valence-electron chi connectivity index (χ1n) is 5.37. The van der Waals surface area contributed by atoms with Crippen LogP contribution in [0, 0.1) is 6.92 Å². The van der Waals surface area contributed by atoms with Crippen molar-refractivity contribution in [2.45, 2.75) is 13.8 Å². The molecule has 1 aromatic carbocycles. The first kappa shape index (κ1) is 12.3. The highest BCUT2D eigenvalue weighted by Gasteiger charge is 2.08. The zero-order valence-corrected chi connectivity index (χ0v) is 10.1. The van der Waals surface area contributed by atoms with E-state index in [0.717, 1.165) is 16.7 Å². The largest absolute Gasteiger partial charge is 0.0984 e. The Hall–Kier alpha value is -1.82. The summed E-state index contributed by atoms with van der Waals surface area (Å²) in [5.41, 5.74) is 5.75. The van der Waals surface area contributed by atoms with E-state index < -0.39 is 0 Å². The van der Waals surface area contributed by atoms with E-state index in [9.17, 15) is 0 Å². The zero-order chi connectivity index (χ0) is 12.1. The fourth-order valence-corrected chi connectivity index (χ4v) is 1.94. The van der Waals surface area contributed by atoms with Gasteiger partial charge >= 0.3 is 0 Å². The van der Waals surface area contributed by atoms with Crippen LogP contribution in [-0.4, -0.2) is 0 Å². The van der Waals surface area contributed by atoms with E-state index in [0.29, 0.717) is 0 Å². The van der Waals surface area contributed by atoms with Crippen LogP contribution in [0.1, 0.15) is 34.7 Å². The summed E-state index contributed by atoms with van der Waals surface area (Å²) in [7, 11) is 0. The molecule has 0 saturated heterocycles. The summed E-state index contributed by atoms with van der Waals surface area (Å²) in [6.45, 7) is 15.7. The van der Waals surface area contributed by atoms with Gasteiger partial charge < -0.3 is 0 Å². The lowest BCUT2D eigenvalue weighted by molar-refractivity contribution is 1.40. The SMILES string of the molecule is C=Cc1c(C)cc(/C=C\C)c(C=C)c1C=C. The molecule has 0 aromatic heterocycles. The van der Waals surface area contributed by atoms with Gasteiger partial charge in [-0.15, -0.1) is 0 Å². The van der Waals surface area contributed by atoms with Gasteiger partial charge in [0.05, 0.1) is 0 Å². The molecule has 0 amide bonds. The Morgan fingerprint density at radius 1 is 0.938 bits per heavy atom. The molecule has 82 valence electrons. The lowest BCUT2D eigenvalue weighted by Crippen LogP contribution is -1.94. The Kier molecular flexibility index (Phi) is 4.07. The summed E-state index contributed by atoms with van der Waals surface area (Å²) in [5.74, 6) is 0. The van der Waals surface area contributed by atoms with Gasteiger partial charge in [-0.2, -0.15) is 0 Å². The smallest absolute Gasteiger partial charge is 0.0109 e. The van der Waals surface area contributed by atoms with Crippen LogP contribution >= 0.6 is 0 Å². The third kappa shape index (κ3) is 2.06. The minimum absolute atomic E-state index is 1.11. The van der Waals surface area contributed by atoms with Crippen LogP contribution in [0.4, 0.5) is 0 Å². The molecular formula is C16H18. The number of allylic oxidation sites excluding steroid dienone is 1. The second-order valence-electron chi connectivity index (χ2n) is 3.64. The standard InChI is InChI=1S/C16H18/c1-6-10-13-11-12(5)14(7-2)16(9-4)15(13)8-3/h6-11H,2-4H2,1,5H3/b10-6-. The molecule has 0 aliphatic rings. The minimum atomic E-state index is 1.11. The fraction of sp³-hybridized carbons (Fsp3) is 0.125. The van der Waals surface area contributed by atoms with Crippen molar-refractivity contribution >= 4 is 24.3 Å². The molecule has 0 unspecified atom stereocenters. The molecule has 1 aromatic rings. The molecule has 0 N–H and O–H groups in total. The van der Waals surface area contributed by atoms with E-state index in [2.05, 4.69) is 38.8 Å². The van der Waals surface area contributed by atoms with Crippen LogP contribution in [0.3, 0.4) is 0 Å². The minimum Gasteiger partial charge on any atom is -0.0984 e. The normalized spacial score (nSPS) is 10.4. The van der Waals surface area contributed by atoms with E-state index in [1.54, 1.807) is 0 Å². The summed E-state index contributed by atoms with van der Waals surface area (Å²) in [5, 5.41) is 0. The van der Waals surface area contributed by atoms with Crippen molar-refractivity contribution in [1.82, 2.24) is 0 Å². The molecule has 0 bridgehead atoms. The number of hydrogen-bond donors (Lipinski definition) is 0. The molecule has 0 aliphatic carbocycles. The second-order valence-corrected chi connectivity index (χ2v) is 3.64. The number of benzene rings is 1. The maximum Gasteiger partial charge on any atom is -0.0109 e. The van der Waals surface area contributed by atoms with Crippen molar-refractivity contribution in [2.75, 3.05) is 0 Å². The molecule has 0 nitrogen and oxygen atoms in total. The lowest BCUT2D eigenvalue weighted by Gasteiger charge is -2.13. The first-order chi connectivity index (χ1) is 7.69. The Labute approximate surface area is 98.3 Å². The predicted molar refractivity (Wildman–Crippen MR) is 76.2 cm³/mol. The van der Waals surface area contributed by atoms with Crippen molar-refractivity contribution in [1.29, 1.82) is 0 Å². The molecule has 0 heterocycles. The van der Waals surface area contributed by atoms with Gasteiger partial charge in [0.1, 0.15) is 0 Å². The molecule has 0 radical (unpaired) electrons. The molecule has 0 heteroatoms. The molecule has 0 spiro atoms. The molecule has 0 aliphatic heterocycles.